The van der Waals surface area contributed by atoms with E-state index in [0.717, 1.165) is 141 Å². The second-order valence-corrected chi connectivity index (χ2v) is 22.3. The maximum Gasteiger partial charge on any atom is 0.306 e. The number of carbonyl (C=O) groups excluding carboxylic acids is 3. The van der Waals surface area contributed by atoms with E-state index in [0.29, 0.717) is 12.8 Å². The minimum Gasteiger partial charge on any atom is -0.462 e. The monoisotopic (exact) mass is 1150 g/mol. The Hall–Kier alpha value is -4.71. The molecule has 0 fully saturated rings. The van der Waals surface area contributed by atoms with E-state index >= 15 is 0 Å². The molecule has 470 valence electrons. The lowest BCUT2D eigenvalue weighted by Crippen LogP contribution is -2.30. The molecule has 0 radical (unpaired) electrons. The van der Waals surface area contributed by atoms with Gasteiger partial charge in [-0.1, -0.05) is 289 Å². The molecule has 0 saturated heterocycles. The molecular weight excluding hydrogens is 1020 g/mol. The predicted octanol–water partition coefficient (Wildman–Crippen LogP) is 23.9. The number of allylic oxidation sites excluding steroid dienone is 24. The van der Waals surface area contributed by atoms with Gasteiger partial charge in [0.25, 0.3) is 0 Å². The molecule has 83 heavy (non-hydrogen) atoms. The lowest BCUT2D eigenvalue weighted by molar-refractivity contribution is -0.167. The van der Waals surface area contributed by atoms with Crippen molar-refractivity contribution in [1.82, 2.24) is 0 Å². The molecule has 1 unspecified atom stereocenters. The van der Waals surface area contributed by atoms with E-state index < -0.39 is 6.10 Å². The van der Waals surface area contributed by atoms with Gasteiger partial charge in [0.05, 0.1) is 0 Å². The van der Waals surface area contributed by atoms with E-state index in [2.05, 4.69) is 167 Å². The molecule has 0 saturated carbocycles. The van der Waals surface area contributed by atoms with Gasteiger partial charge in [0, 0.05) is 19.3 Å². The van der Waals surface area contributed by atoms with Crippen molar-refractivity contribution in [3.05, 3.63) is 146 Å². The maximum absolute atomic E-state index is 12.9. The summed E-state index contributed by atoms with van der Waals surface area (Å²) >= 11 is 0. The molecule has 0 aromatic rings. The van der Waals surface area contributed by atoms with Crippen LogP contribution in [0.5, 0.6) is 0 Å². The predicted molar refractivity (Wildman–Crippen MR) is 362 cm³/mol. The summed E-state index contributed by atoms with van der Waals surface area (Å²) in [5.41, 5.74) is 0. The number of rotatable bonds is 61. The van der Waals surface area contributed by atoms with E-state index in [1.165, 1.54) is 122 Å². The smallest absolute Gasteiger partial charge is 0.306 e. The van der Waals surface area contributed by atoms with Gasteiger partial charge in [-0.2, -0.15) is 0 Å². The Morgan fingerprint density at radius 3 is 0.747 bits per heavy atom. The molecule has 0 N–H and O–H groups in total. The van der Waals surface area contributed by atoms with E-state index in [-0.39, 0.29) is 37.5 Å². The number of ether oxygens (including phenoxy) is 3. The molecule has 0 aliphatic carbocycles. The number of hydrogen-bond donors (Lipinski definition) is 0. The minimum absolute atomic E-state index is 0.0982. The van der Waals surface area contributed by atoms with Crippen LogP contribution in [0.1, 0.15) is 303 Å². The fourth-order valence-corrected chi connectivity index (χ4v) is 9.23. The zero-order valence-electron chi connectivity index (χ0n) is 53.9. The topological polar surface area (TPSA) is 78.9 Å². The van der Waals surface area contributed by atoms with E-state index in [1.54, 1.807) is 0 Å². The average molecular weight is 1150 g/mol. The van der Waals surface area contributed by atoms with Crippen LogP contribution in [-0.2, 0) is 28.6 Å². The third-order valence-corrected chi connectivity index (χ3v) is 14.3. The first-order valence-corrected chi connectivity index (χ1v) is 34.3. The van der Waals surface area contributed by atoms with Gasteiger partial charge in [0.15, 0.2) is 6.10 Å². The lowest BCUT2D eigenvalue weighted by Gasteiger charge is -2.18. The van der Waals surface area contributed by atoms with Crippen LogP contribution in [0.4, 0.5) is 0 Å². The molecule has 0 aromatic carbocycles. The van der Waals surface area contributed by atoms with E-state index in [4.69, 9.17) is 14.2 Å². The van der Waals surface area contributed by atoms with Gasteiger partial charge >= 0.3 is 17.9 Å². The Morgan fingerprint density at radius 1 is 0.253 bits per heavy atom. The van der Waals surface area contributed by atoms with Crippen LogP contribution in [0.2, 0.25) is 0 Å². The van der Waals surface area contributed by atoms with Crippen molar-refractivity contribution < 1.29 is 28.6 Å². The molecule has 0 rings (SSSR count). The van der Waals surface area contributed by atoms with Crippen molar-refractivity contribution in [2.45, 2.75) is 309 Å². The molecule has 6 nitrogen and oxygen atoms in total. The van der Waals surface area contributed by atoms with Gasteiger partial charge in [0.1, 0.15) is 13.2 Å². The fourth-order valence-electron chi connectivity index (χ4n) is 9.23. The number of unbranched alkanes of at least 4 members (excludes halogenated alkanes) is 26. The third kappa shape index (κ3) is 68.0. The highest BCUT2D eigenvalue weighted by molar-refractivity contribution is 5.71. The molecule has 0 bridgehead atoms. The van der Waals surface area contributed by atoms with Crippen LogP contribution in [0, 0.1) is 0 Å². The van der Waals surface area contributed by atoms with Crippen molar-refractivity contribution in [1.29, 1.82) is 0 Å². The van der Waals surface area contributed by atoms with Gasteiger partial charge in [-0.05, 0) is 141 Å². The summed E-state index contributed by atoms with van der Waals surface area (Å²) in [6.07, 6.45) is 100. The Bertz CT molecular complexity index is 1800. The zero-order chi connectivity index (χ0) is 59.9. The highest BCUT2D eigenvalue weighted by Gasteiger charge is 2.19. The van der Waals surface area contributed by atoms with Crippen molar-refractivity contribution in [2.24, 2.45) is 0 Å². The van der Waals surface area contributed by atoms with Crippen molar-refractivity contribution >= 4 is 17.9 Å². The first kappa shape index (κ1) is 78.3. The SMILES string of the molecule is CC/C=C\C/C=C\C/C=C\C/C=C\C/C=C\CCCCCCCCCCCCCCCC(=O)OCC(COC(=O)CCCCCCCCC/C=C\C/C=C\CCCCC)OC(=O)CCCCC/C=C\C/C=C\C/C=C\C/C=C\C/C=C\CC. The highest BCUT2D eigenvalue weighted by atomic mass is 16.6. The molecule has 0 spiro atoms. The summed E-state index contributed by atoms with van der Waals surface area (Å²) in [5, 5.41) is 0. The van der Waals surface area contributed by atoms with Gasteiger partial charge in [-0.15, -0.1) is 0 Å². The van der Waals surface area contributed by atoms with Gasteiger partial charge in [0.2, 0.25) is 0 Å². The average Bonchev–Trinajstić information content (AvgIpc) is 3.49. The molecular formula is C77H126O6. The Balaban J connectivity index is 4.39. The van der Waals surface area contributed by atoms with Crippen LogP contribution >= 0.6 is 0 Å². The minimum atomic E-state index is -0.807. The van der Waals surface area contributed by atoms with Gasteiger partial charge < -0.3 is 14.2 Å². The zero-order valence-corrected chi connectivity index (χ0v) is 53.9. The Kier molecular flexibility index (Phi) is 65.8. The first-order valence-electron chi connectivity index (χ1n) is 34.3. The lowest BCUT2D eigenvalue weighted by atomic mass is 10.0. The second-order valence-electron chi connectivity index (χ2n) is 22.3. The third-order valence-electron chi connectivity index (χ3n) is 14.3. The first-order chi connectivity index (χ1) is 41.0. The fraction of sp³-hybridized carbons (Fsp3) is 0.649. The van der Waals surface area contributed by atoms with Crippen LogP contribution in [0.3, 0.4) is 0 Å². The standard InChI is InChI=1S/C77H126O6/c1-4-7-10-13-16-19-22-25-28-31-33-34-35-36-37-38-39-40-41-42-44-46-49-52-55-58-61-64-67-70-76(79)82-73-74(72-81-75(78)69-66-63-60-57-54-51-48-45-30-27-24-21-18-15-12-9-6-3)83-77(80)71-68-65-62-59-56-53-50-47-43-32-29-26-23-20-17-14-11-8-5-2/h7-8,10-11,16-21,25-30,33-34,36-37,43,47,53,56,74H,4-6,9,12-15,22-24,31-32,35,38-42,44-46,48-52,54-55,57-73H2,1-3H3/b10-7-,11-8-,19-16-,20-17-,21-18-,28-25-,29-26-,30-27-,34-33-,37-36-,47-43-,56-53-. The van der Waals surface area contributed by atoms with Crippen LogP contribution in [0.25, 0.3) is 0 Å². The molecule has 0 aromatic heterocycles. The molecule has 0 amide bonds. The number of esters is 3. The van der Waals surface area contributed by atoms with E-state index in [9.17, 15) is 14.4 Å². The molecule has 1 atom stereocenters. The van der Waals surface area contributed by atoms with Gasteiger partial charge in [-0.25, -0.2) is 0 Å². The summed E-state index contributed by atoms with van der Waals surface area (Å²) < 4.78 is 16.9. The quantitative estimate of drug-likeness (QED) is 0.0261. The van der Waals surface area contributed by atoms with Crippen LogP contribution in [-0.4, -0.2) is 37.2 Å². The number of carbonyl (C=O) groups is 3. The van der Waals surface area contributed by atoms with Gasteiger partial charge in [-0.3, -0.25) is 14.4 Å². The molecule has 6 heteroatoms. The van der Waals surface area contributed by atoms with Crippen molar-refractivity contribution in [3.8, 4) is 0 Å². The Morgan fingerprint density at radius 2 is 0.470 bits per heavy atom. The Labute approximate surface area is 512 Å². The highest BCUT2D eigenvalue weighted by Crippen LogP contribution is 2.16. The van der Waals surface area contributed by atoms with Crippen molar-refractivity contribution in [2.75, 3.05) is 13.2 Å². The largest absolute Gasteiger partial charge is 0.462 e. The van der Waals surface area contributed by atoms with Crippen LogP contribution < -0.4 is 0 Å². The normalized spacial score (nSPS) is 13.0. The molecule has 0 heterocycles. The maximum atomic E-state index is 12.9. The summed E-state index contributed by atoms with van der Waals surface area (Å²) in [4.78, 5) is 38.4. The molecule has 0 aliphatic heterocycles. The molecule has 0 aliphatic rings. The summed E-state index contributed by atoms with van der Waals surface area (Å²) in [7, 11) is 0. The summed E-state index contributed by atoms with van der Waals surface area (Å²) in [6.45, 7) is 6.37. The van der Waals surface area contributed by atoms with Crippen molar-refractivity contribution in [3.63, 3.8) is 0 Å². The summed E-state index contributed by atoms with van der Waals surface area (Å²) in [5.74, 6) is -0.935. The van der Waals surface area contributed by atoms with Crippen LogP contribution in [0.15, 0.2) is 146 Å². The number of hydrogen-bond acceptors (Lipinski definition) is 6. The second kappa shape index (κ2) is 69.8. The van der Waals surface area contributed by atoms with E-state index in [1.807, 2.05) is 0 Å². The summed E-state index contributed by atoms with van der Waals surface area (Å²) in [6, 6.07) is 0.